The van der Waals surface area contributed by atoms with Crippen LogP contribution in [0.25, 0.3) is 0 Å². The number of nitriles is 1. The molecule has 68 valence electrons. The first-order chi connectivity index (χ1) is 6.24. The van der Waals surface area contributed by atoms with Crippen LogP contribution in [0, 0.1) is 11.3 Å². The second-order valence-corrected chi connectivity index (χ2v) is 3.29. The van der Waals surface area contributed by atoms with Gasteiger partial charge in [0.2, 0.25) is 0 Å². The molecule has 0 spiro atoms. The molecule has 1 N–H and O–H groups in total. The fourth-order valence-corrected chi connectivity index (χ4v) is 1.19. The molecular weight excluding hydrogens is 160 g/mol. The van der Waals surface area contributed by atoms with Crippen LogP contribution in [-0.4, -0.2) is 6.04 Å². The molecule has 1 atom stereocenters. The van der Waals surface area contributed by atoms with Crippen molar-refractivity contribution < 1.29 is 0 Å². The van der Waals surface area contributed by atoms with Gasteiger partial charge in [0, 0.05) is 6.04 Å². The maximum absolute atomic E-state index is 8.92. The maximum Gasteiger partial charge on any atom is 0.121 e. The first-order valence-corrected chi connectivity index (χ1v) is 4.44. The molecule has 13 heavy (non-hydrogen) atoms. The molecule has 2 nitrogen and oxygen atoms in total. The third-order valence-electron chi connectivity index (χ3n) is 1.76. The van der Waals surface area contributed by atoms with E-state index in [9.17, 15) is 0 Å². The van der Waals surface area contributed by atoms with E-state index in [1.54, 1.807) is 0 Å². The maximum atomic E-state index is 8.92. The Balaban J connectivity index is 2.75. The molecule has 1 aromatic carbocycles. The Bertz CT molecular complexity index is 285. The highest BCUT2D eigenvalue weighted by Crippen LogP contribution is 2.11. The van der Waals surface area contributed by atoms with Gasteiger partial charge < -0.3 is 0 Å². The van der Waals surface area contributed by atoms with Gasteiger partial charge in [-0.05, 0) is 19.4 Å². The van der Waals surface area contributed by atoms with E-state index >= 15 is 0 Å². The van der Waals surface area contributed by atoms with Crippen molar-refractivity contribution in [1.29, 1.82) is 5.26 Å². The van der Waals surface area contributed by atoms with Crippen molar-refractivity contribution >= 4 is 0 Å². The zero-order valence-corrected chi connectivity index (χ0v) is 7.99. The number of nitrogens with zero attached hydrogens (tertiary/aromatic N) is 1. The Morgan fingerprint density at radius 1 is 1.23 bits per heavy atom. The van der Waals surface area contributed by atoms with Gasteiger partial charge in [0.05, 0.1) is 6.07 Å². The lowest BCUT2D eigenvalue weighted by Crippen LogP contribution is -2.26. The van der Waals surface area contributed by atoms with Crippen molar-refractivity contribution in [1.82, 2.24) is 5.32 Å². The number of nitrogens with one attached hydrogen (secondary N) is 1. The molecule has 0 radical (unpaired) electrons. The fourth-order valence-electron chi connectivity index (χ4n) is 1.19. The van der Waals surface area contributed by atoms with Crippen molar-refractivity contribution in [3.63, 3.8) is 0 Å². The highest BCUT2D eigenvalue weighted by molar-refractivity contribution is 5.23. The van der Waals surface area contributed by atoms with Gasteiger partial charge in [-0.25, -0.2) is 0 Å². The van der Waals surface area contributed by atoms with Gasteiger partial charge in [0.15, 0.2) is 0 Å². The number of benzene rings is 1. The average Bonchev–Trinajstić information content (AvgIpc) is 2.15. The highest BCUT2D eigenvalue weighted by Gasteiger charge is 2.09. The zero-order valence-electron chi connectivity index (χ0n) is 7.99. The molecule has 0 fully saturated rings. The van der Waals surface area contributed by atoms with E-state index in [1.807, 2.05) is 44.2 Å². The SMILES string of the molecule is CC(C)N[C@H](C#N)c1ccccc1. The summed E-state index contributed by atoms with van der Waals surface area (Å²) in [4.78, 5) is 0. The summed E-state index contributed by atoms with van der Waals surface area (Å²) in [5.74, 6) is 0. The number of hydrogen-bond donors (Lipinski definition) is 1. The van der Waals surface area contributed by atoms with Crippen LogP contribution in [0.4, 0.5) is 0 Å². The first kappa shape index (κ1) is 9.76. The average molecular weight is 174 g/mol. The van der Waals surface area contributed by atoms with Crippen molar-refractivity contribution in [3.8, 4) is 6.07 Å². The highest BCUT2D eigenvalue weighted by atomic mass is 14.9. The van der Waals surface area contributed by atoms with Crippen LogP contribution < -0.4 is 5.32 Å². The Hall–Kier alpha value is -1.33. The molecule has 0 aliphatic heterocycles. The van der Waals surface area contributed by atoms with Crippen molar-refractivity contribution in [3.05, 3.63) is 35.9 Å². The third kappa shape index (κ3) is 2.89. The molecule has 0 saturated heterocycles. The summed E-state index contributed by atoms with van der Waals surface area (Å²) in [6.45, 7) is 4.07. The molecule has 0 aliphatic carbocycles. The first-order valence-electron chi connectivity index (χ1n) is 4.44. The van der Waals surface area contributed by atoms with Crippen LogP contribution in [0.2, 0.25) is 0 Å². The summed E-state index contributed by atoms with van der Waals surface area (Å²) in [6, 6.07) is 12.1. The molecule has 0 aliphatic rings. The van der Waals surface area contributed by atoms with E-state index in [0.717, 1.165) is 5.56 Å². The van der Waals surface area contributed by atoms with Gasteiger partial charge in [-0.15, -0.1) is 0 Å². The van der Waals surface area contributed by atoms with Crippen molar-refractivity contribution in [2.45, 2.75) is 25.9 Å². The largest absolute Gasteiger partial charge is 0.296 e. The van der Waals surface area contributed by atoms with E-state index < -0.39 is 0 Å². The summed E-state index contributed by atoms with van der Waals surface area (Å²) in [7, 11) is 0. The minimum Gasteiger partial charge on any atom is -0.296 e. The van der Waals surface area contributed by atoms with Gasteiger partial charge in [0.25, 0.3) is 0 Å². The summed E-state index contributed by atoms with van der Waals surface area (Å²) in [6.07, 6.45) is 0. The minimum absolute atomic E-state index is 0.193. The molecular formula is C11H14N2. The summed E-state index contributed by atoms with van der Waals surface area (Å²) < 4.78 is 0. The molecule has 0 heterocycles. The summed E-state index contributed by atoms with van der Waals surface area (Å²) >= 11 is 0. The quantitative estimate of drug-likeness (QED) is 0.762. The molecule has 1 rings (SSSR count). The smallest absolute Gasteiger partial charge is 0.121 e. The molecule has 1 aromatic rings. The van der Waals surface area contributed by atoms with Crippen LogP contribution in [0.1, 0.15) is 25.5 Å². The number of hydrogen-bond acceptors (Lipinski definition) is 2. The van der Waals surface area contributed by atoms with Crippen LogP contribution in [0.3, 0.4) is 0 Å². The molecule has 0 saturated carbocycles. The van der Waals surface area contributed by atoms with Gasteiger partial charge in [-0.2, -0.15) is 5.26 Å². The Morgan fingerprint density at radius 2 is 1.85 bits per heavy atom. The monoisotopic (exact) mass is 174 g/mol. The molecule has 0 amide bonds. The van der Waals surface area contributed by atoms with Crippen LogP contribution in [0.5, 0.6) is 0 Å². The van der Waals surface area contributed by atoms with E-state index in [-0.39, 0.29) is 6.04 Å². The zero-order chi connectivity index (χ0) is 9.68. The predicted molar refractivity (Wildman–Crippen MR) is 53.1 cm³/mol. The second-order valence-electron chi connectivity index (χ2n) is 3.29. The normalized spacial score (nSPS) is 12.5. The lowest BCUT2D eigenvalue weighted by molar-refractivity contribution is 0.546. The lowest BCUT2D eigenvalue weighted by Gasteiger charge is -2.14. The van der Waals surface area contributed by atoms with Crippen LogP contribution in [0.15, 0.2) is 30.3 Å². The lowest BCUT2D eigenvalue weighted by atomic mass is 10.1. The number of rotatable bonds is 3. The van der Waals surface area contributed by atoms with E-state index in [0.29, 0.717) is 6.04 Å². The van der Waals surface area contributed by atoms with Gasteiger partial charge in [-0.1, -0.05) is 30.3 Å². The minimum atomic E-state index is -0.193. The fraction of sp³-hybridized carbons (Fsp3) is 0.364. The second kappa shape index (κ2) is 4.64. The molecule has 0 aromatic heterocycles. The van der Waals surface area contributed by atoms with Crippen molar-refractivity contribution in [2.75, 3.05) is 0 Å². The van der Waals surface area contributed by atoms with Gasteiger partial charge in [-0.3, -0.25) is 5.32 Å². The Labute approximate surface area is 79.2 Å². The van der Waals surface area contributed by atoms with E-state index in [4.69, 9.17) is 5.26 Å². The van der Waals surface area contributed by atoms with E-state index in [1.165, 1.54) is 0 Å². The summed E-state index contributed by atoms with van der Waals surface area (Å²) in [5, 5.41) is 12.1. The standard InChI is InChI=1S/C11H14N2/c1-9(2)13-11(8-12)10-6-4-3-5-7-10/h3-7,9,11,13H,1-2H3/t11-/m1/s1. The molecule has 0 bridgehead atoms. The van der Waals surface area contributed by atoms with Gasteiger partial charge >= 0.3 is 0 Å². The topological polar surface area (TPSA) is 35.8 Å². The van der Waals surface area contributed by atoms with E-state index in [2.05, 4.69) is 11.4 Å². The van der Waals surface area contributed by atoms with Crippen molar-refractivity contribution in [2.24, 2.45) is 0 Å². The Morgan fingerprint density at radius 3 is 2.31 bits per heavy atom. The summed E-state index contributed by atoms with van der Waals surface area (Å²) in [5.41, 5.74) is 1.03. The predicted octanol–water partition coefficient (Wildman–Crippen LogP) is 2.25. The Kier molecular flexibility index (Phi) is 3.48. The third-order valence-corrected chi connectivity index (χ3v) is 1.76. The van der Waals surface area contributed by atoms with Crippen LogP contribution >= 0.6 is 0 Å². The molecule has 0 unspecified atom stereocenters. The van der Waals surface area contributed by atoms with Gasteiger partial charge in [0.1, 0.15) is 6.04 Å². The molecule has 2 heteroatoms. The van der Waals surface area contributed by atoms with Crippen LogP contribution in [-0.2, 0) is 0 Å².